The van der Waals surface area contributed by atoms with Crippen LogP contribution in [-0.4, -0.2) is 14.7 Å². The number of nitrogens with zero attached hydrogens (tertiary/aromatic N) is 3. The van der Waals surface area contributed by atoms with Crippen molar-refractivity contribution in [2.45, 2.75) is 20.4 Å². The zero-order valence-electron chi connectivity index (χ0n) is 9.75. The number of hydrogen-bond donors (Lipinski definition) is 0. The Morgan fingerprint density at radius 1 is 1.29 bits per heavy atom. The fourth-order valence-corrected chi connectivity index (χ4v) is 1.88. The summed E-state index contributed by atoms with van der Waals surface area (Å²) in [4.78, 5) is 10.0. The normalized spacial score (nSPS) is 10.5. The van der Waals surface area contributed by atoms with Crippen molar-refractivity contribution in [1.82, 2.24) is 9.78 Å². The van der Waals surface area contributed by atoms with E-state index in [1.807, 2.05) is 13.8 Å². The first-order chi connectivity index (χ1) is 8.04. The van der Waals surface area contributed by atoms with Gasteiger partial charge < -0.3 is 10.1 Å². The monoisotopic (exact) mass is 231 g/mol. The number of nitro groups is 1. The van der Waals surface area contributed by atoms with Gasteiger partial charge in [-0.1, -0.05) is 29.3 Å². The maximum absolute atomic E-state index is 10.5. The van der Waals surface area contributed by atoms with Crippen molar-refractivity contribution in [1.29, 1.82) is 0 Å². The van der Waals surface area contributed by atoms with Crippen molar-refractivity contribution in [2.24, 2.45) is 0 Å². The van der Waals surface area contributed by atoms with Gasteiger partial charge in [0.1, 0.15) is 0 Å². The molecule has 0 aliphatic rings. The molecule has 2 aromatic rings. The molecule has 0 bridgehead atoms. The van der Waals surface area contributed by atoms with E-state index in [1.54, 1.807) is 10.9 Å². The predicted octanol–water partition coefficient (Wildman–Crippen LogP) is 2.46. The molecule has 0 unspecified atom stereocenters. The molecule has 1 heterocycles. The van der Waals surface area contributed by atoms with Crippen LogP contribution in [0.2, 0.25) is 0 Å². The summed E-state index contributed by atoms with van der Waals surface area (Å²) in [5.74, 6) is -0.116. The van der Waals surface area contributed by atoms with E-state index in [-0.39, 0.29) is 5.82 Å². The van der Waals surface area contributed by atoms with E-state index in [2.05, 4.69) is 23.3 Å². The summed E-state index contributed by atoms with van der Waals surface area (Å²) in [5, 5.41) is 14.4. The molecule has 0 N–H and O–H groups in total. The lowest BCUT2D eigenvalue weighted by molar-refractivity contribution is -0.389. The van der Waals surface area contributed by atoms with Crippen molar-refractivity contribution >= 4 is 5.82 Å². The molecule has 5 heteroatoms. The van der Waals surface area contributed by atoms with Crippen molar-refractivity contribution in [2.75, 3.05) is 0 Å². The highest BCUT2D eigenvalue weighted by molar-refractivity contribution is 5.28. The van der Waals surface area contributed by atoms with E-state index in [4.69, 9.17) is 0 Å². The lowest BCUT2D eigenvalue weighted by Crippen LogP contribution is -2.02. The number of hydrogen-bond acceptors (Lipinski definition) is 3. The van der Waals surface area contributed by atoms with E-state index in [0.29, 0.717) is 6.54 Å². The maximum Gasteiger partial charge on any atom is 0.389 e. The van der Waals surface area contributed by atoms with Crippen LogP contribution >= 0.6 is 0 Å². The largest absolute Gasteiger partial charge is 0.389 e. The molecule has 17 heavy (non-hydrogen) atoms. The fraction of sp³-hybridized carbons (Fsp3) is 0.250. The van der Waals surface area contributed by atoms with Gasteiger partial charge >= 0.3 is 5.82 Å². The third-order valence-electron chi connectivity index (χ3n) is 2.44. The zero-order chi connectivity index (χ0) is 12.4. The highest BCUT2D eigenvalue weighted by Crippen LogP contribution is 2.12. The van der Waals surface area contributed by atoms with Gasteiger partial charge in [0.2, 0.25) is 0 Å². The van der Waals surface area contributed by atoms with E-state index in [9.17, 15) is 10.1 Å². The standard InChI is InChI=1S/C12H13N3O2/c1-9-5-10(2)7-11(6-9)8-14-4-3-12(13-14)15(16)17/h3-7H,8H2,1-2H3. The van der Waals surface area contributed by atoms with Crippen LogP contribution in [0.15, 0.2) is 30.5 Å². The van der Waals surface area contributed by atoms with Crippen LogP contribution in [0.5, 0.6) is 0 Å². The van der Waals surface area contributed by atoms with Gasteiger partial charge in [-0.15, -0.1) is 0 Å². The molecule has 0 saturated carbocycles. The van der Waals surface area contributed by atoms with Crippen LogP contribution in [0.4, 0.5) is 5.82 Å². The maximum atomic E-state index is 10.5. The highest BCUT2D eigenvalue weighted by Gasteiger charge is 2.10. The first kappa shape index (κ1) is 11.3. The van der Waals surface area contributed by atoms with Crippen LogP contribution in [0.1, 0.15) is 16.7 Å². The second-order valence-electron chi connectivity index (χ2n) is 4.12. The summed E-state index contributed by atoms with van der Waals surface area (Å²) in [6, 6.07) is 7.61. The molecule has 0 amide bonds. The van der Waals surface area contributed by atoms with E-state index < -0.39 is 4.92 Å². The van der Waals surface area contributed by atoms with E-state index in [1.165, 1.54) is 17.2 Å². The number of rotatable bonds is 3. The smallest absolute Gasteiger partial charge is 0.358 e. The van der Waals surface area contributed by atoms with Gasteiger partial charge in [0.15, 0.2) is 0 Å². The van der Waals surface area contributed by atoms with Crippen molar-refractivity contribution in [3.05, 3.63) is 57.3 Å². The van der Waals surface area contributed by atoms with Crippen LogP contribution in [0.3, 0.4) is 0 Å². The molecule has 2 rings (SSSR count). The quantitative estimate of drug-likeness (QED) is 0.602. The fourth-order valence-electron chi connectivity index (χ4n) is 1.88. The summed E-state index contributed by atoms with van der Waals surface area (Å²) < 4.78 is 1.58. The summed E-state index contributed by atoms with van der Waals surface area (Å²) in [5.41, 5.74) is 3.46. The Bertz CT molecular complexity index is 540. The predicted molar refractivity (Wildman–Crippen MR) is 63.9 cm³/mol. The van der Waals surface area contributed by atoms with Crippen LogP contribution in [0.25, 0.3) is 0 Å². The zero-order valence-corrected chi connectivity index (χ0v) is 9.75. The molecule has 5 nitrogen and oxygen atoms in total. The van der Waals surface area contributed by atoms with Gasteiger partial charge in [0.05, 0.1) is 23.9 Å². The van der Waals surface area contributed by atoms with Crippen LogP contribution in [-0.2, 0) is 6.54 Å². The Morgan fingerprint density at radius 2 is 1.94 bits per heavy atom. The van der Waals surface area contributed by atoms with Gasteiger partial charge in [-0.2, -0.15) is 4.68 Å². The third-order valence-corrected chi connectivity index (χ3v) is 2.44. The second-order valence-corrected chi connectivity index (χ2v) is 4.12. The van der Waals surface area contributed by atoms with Gasteiger partial charge in [-0.25, -0.2) is 0 Å². The molecule has 0 atom stereocenters. The Balaban J connectivity index is 2.22. The van der Waals surface area contributed by atoms with E-state index >= 15 is 0 Å². The van der Waals surface area contributed by atoms with Gasteiger partial charge in [0, 0.05) is 0 Å². The molecule has 88 valence electrons. The summed E-state index contributed by atoms with van der Waals surface area (Å²) in [6.45, 7) is 4.61. The van der Waals surface area contributed by atoms with Crippen molar-refractivity contribution in [3.8, 4) is 0 Å². The lowest BCUT2D eigenvalue weighted by Gasteiger charge is -2.02. The van der Waals surface area contributed by atoms with Crippen LogP contribution in [0, 0.1) is 24.0 Å². The summed E-state index contributed by atoms with van der Waals surface area (Å²) >= 11 is 0. The molecule has 0 fully saturated rings. The third kappa shape index (κ3) is 2.69. The molecule has 0 spiro atoms. The van der Waals surface area contributed by atoms with Crippen molar-refractivity contribution < 1.29 is 4.92 Å². The van der Waals surface area contributed by atoms with Gasteiger partial charge in [-0.3, -0.25) is 0 Å². The van der Waals surface area contributed by atoms with Crippen molar-refractivity contribution in [3.63, 3.8) is 0 Å². The SMILES string of the molecule is Cc1cc(C)cc(Cn2ccc([N+](=O)[O-])n2)c1. The second kappa shape index (κ2) is 4.37. The summed E-state index contributed by atoms with van der Waals surface area (Å²) in [7, 11) is 0. The Morgan fingerprint density at radius 3 is 2.47 bits per heavy atom. The minimum atomic E-state index is -0.488. The summed E-state index contributed by atoms with van der Waals surface area (Å²) in [6.07, 6.45) is 1.62. The number of aryl methyl sites for hydroxylation is 2. The molecule has 0 saturated heterocycles. The van der Waals surface area contributed by atoms with Gasteiger partial charge in [0.25, 0.3) is 0 Å². The molecular weight excluding hydrogens is 218 g/mol. The topological polar surface area (TPSA) is 61.0 Å². The average molecular weight is 231 g/mol. The Kier molecular flexibility index (Phi) is 2.91. The molecule has 1 aromatic heterocycles. The molecule has 0 radical (unpaired) electrons. The molecule has 0 aliphatic heterocycles. The Labute approximate surface area is 98.8 Å². The first-order valence-electron chi connectivity index (χ1n) is 5.29. The highest BCUT2D eigenvalue weighted by atomic mass is 16.6. The average Bonchev–Trinajstić information content (AvgIpc) is 2.64. The first-order valence-corrected chi connectivity index (χ1v) is 5.29. The number of aromatic nitrogens is 2. The van der Waals surface area contributed by atoms with Crippen LogP contribution < -0.4 is 0 Å². The lowest BCUT2D eigenvalue weighted by atomic mass is 10.1. The van der Waals surface area contributed by atoms with Gasteiger partial charge in [-0.05, 0) is 24.3 Å². The minimum absolute atomic E-state index is 0.116. The molecule has 1 aromatic carbocycles. The number of benzene rings is 1. The van der Waals surface area contributed by atoms with E-state index in [0.717, 1.165) is 5.56 Å². The minimum Gasteiger partial charge on any atom is -0.358 e. The Hall–Kier alpha value is -2.17. The molecule has 0 aliphatic carbocycles. The molecular formula is C12H13N3O2.